The van der Waals surface area contributed by atoms with Crippen molar-refractivity contribution in [1.82, 2.24) is 0 Å². The Hall–Kier alpha value is -1.05. The van der Waals surface area contributed by atoms with Gasteiger partial charge in [-0.15, -0.1) is 0 Å². The van der Waals surface area contributed by atoms with E-state index >= 15 is 0 Å². The monoisotopic (exact) mass is 198 g/mol. The summed E-state index contributed by atoms with van der Waals surface area (Å²) in [6, 6.07) is 0. The molecule has 2 heteroatoms. The Kier molecular flexibility index (Phi) is 5.93. The Morgan fingerprint density at radius 1 is 1.43 bits per heavy atom. The van der Waals surface area contributed by atoms with Crippen molar-refractivity contribution in [2.45, 2.75) is 33.6 Å². The zero-order valence-electron chi connectivity index (χ0n) is 9.32. The minimum absolute atomic E-state index is 0.437. The van der Waals surface area contributed by atoms with E-state index in [2.05, 4.69) is 13.2 Å². The summed E-state index contributed by atoms with van der Waals surface area (Å²) in [5.41, 5.74) is 1.34. The summed E-state index contributed by atoms with van der Waals surface area (Å²) in [7, 11) is 0. The molecular formula is C12H19FO. The van der Waals surface area contributed by atoms with E-state index in [9.17, 15) is 4.39 Å². The first-order valence-corrected chi connectivity index (χ1v) is 4.99. The summed E-state index contributed by atoms with van der Waals surface area (Å²) >= 11 is 0. The molecule has 0 atom stereocenters. The summed E-state index contributed by atoms with van der Waals surface area (Å²) in [5, 5.41) is 0. The molecule has 0 aromatic rings. The average molecular weight is 198 g/mol. The van der Waals surface area contributed by atoms with Crippen LogP contribution in [0.5, 0.6) is 0 Å². The molecule has 1 fully saturated rings. The van der Waals surface area contributed by atoms with E-state index in [4.69, 9.17) is 4.74 Å². The molecule has 80 valence electrons. The summed E-state index contributed by atoms with van der Waals surface area (Å²) in [5.74, 6) is 0.154. The Labute approximate surface area is 86.0 Å². The minimum atomic E-state index is -0.437. The topological polar surface area (TPSA) is 9.23 Å². The Morgan fingerprint density at radius 2 is 2.00 bits per heavy atom. The third kappa shape index (κ3) is 3.36. The van der Waals surface area contributed by atoms with Crippen LogP contribution in [-0.2, 0) is 4.74 Å². The molecule has 1 rings (SSSR count). The maximum atomic E-state index is 12.7. The fourth-order valence-corrected chi connectivity index (χ4v) is 1.17. The predicted molar refractivity (Wildman–Crippen MR) is 58.6 cm³/mol. The van der Waals surface area contributed by atoms with E-state index in [0.717, 1.165) is 18.4 Å². The van der Waals surface area contributed by atoms with Crippen molar-refractivity contribution in [3.63, 3.8) is 0 Å². The Morgan fingerprint density at radius 3 is 2.43 bits per heavy atom. The van der Waals surface area contributed by atoms with Crippen molar-refractivity contribution in [1.29, 1.82) is 0 Å². The van der Waals surface area contributed by atoms with Gasteiger partial charge in [0.15, 0.2) is 0 Å². The first-order chi connectivity index (χ1) is 6.63. The lowest BCUT2D eigenvalue weighted by Crippen LogP contribution is -2.07. The molecular weight excluding hydrogens is 179 g/mol. The van der Waals surface area contributed by atoms with Crippen molar-refractivity contribution in [2.24, 2.45) is 0 Å². The second kappa shape index (κ2) is 6.41. The van der Waals surface area contributed by atoms with Crippen molar-refractivity contribution in [3.05, 3.63) is 35.9 Å². The van der Waals surface area contributed by atoms with Gasteiger partial charge in [-0.25, -0.2) is 4.39 Å². The molecule has 0 aromatic carbocycles. The van der Waals surface area contributed by atoms with E-state index in [1.807, 2.05) is 13.8 Å². The highest BCUT2D eigenvalue weighted by Gasteiger charge is 2.14. The lowest BCUT2D eigenvalue weighted by atomic mass is 10.0. The van der Waals surface area contributed by atoms with E-state index in [0.29, 0.717) is 17.9 Å². The van der Waals surface area contributed by atoms with Crippen LogP contribution in [0.15, 0.2) is 35.9 Å². The van der Waals surface area contributed by atoms with E-state index < -0.39 is 5.83 Å². The molecule has 0 amide bonds. The van der Waals surface area contributed by atoms with Gasteiger partial charge in [0.25, 0.3) is 0 Å². The summed E-state index contributed by atoms with van der Waals surface area (Å²) < 4.78 is 18.0. The number of ether oxygens (including phenoxy) is 1. The Balaban J connectivity index is 0.000000791. The standard InChI is InChI=1S/C10H13FO.C2H6/c1-7-5-4-6-12-10(7)8(2)9(3)11;1-2/h1,3-6H2,2H3;1-2H3/b10-8+;. The summed E-state index contributed by atoms with van der Waals surface area (Å²) in [4.78, 5) is 0. The first-order valence-electron chi connectivity index (χ1n) is 4.99. The van der Waals surface area contributed by atoms with Gasteiger partial charge in [-0.2, -0.15) is 0 Å². The zero-order valence-corrected chi connectivity index (χ0v) is 9.32. The van der Waals surface area contributed by atoms with Gasteiger partial charge in [0, 0.05) is 5.57 Å². The van der Waals surface area contributed by atoms with Gasteiger partial charge in [0.2, 0.25) is 0 Å². The third-order valence-corrected chi connectivity index (χ3v) is 1.94. The molecule has 0 aromatic heterocycles. The summed E-state index contributed by atoms with van der Waals surface area (Å²) in [6.07, 6.45) is 1.86. The van der Waals surface area contributed by atoms with E-state index in [1.165, 1.54) is 0 Å². The number of hydrogen-bond acceptors (Lipinski definition) is 1. The van der Waals surface area contributed by atoms with E-state index in [1.54, 1.807) is 6.92 Å². The number of hydrogen-bond donors (Lipinski definition) is 0. The molecule has 0 radical (unpaired) electrons. The first kappa shape index (κ1) is 12.9. The maximum Gasteiger partial charge on any atom is 0.127 e. The SMILES string of the molecule is C=C(F)/C(C)=C1/OCCCC1=C.CC. The van der Waals surface area contributed by atoms with Crippen LogP contribution >= 0.6 is 0 Å². The van der Waals surface area contributed by atoms with Gasteiger partial charge in [0.05, 0.1) is 6.61 Å². The largest absolute Gasteiger partial charge is 0.493 e. The van der Waals surface area contributed by atoms with Crippen LogP contribution in [0.4, 0.5) is 4.39 Å². The van der Waals surface area contributed by atoms with Gasteiger partial charge < -0.3 is 4.74 Å². The number of rotatable bonds is 1. The normalized spacial score (nSPS) is 19.0. The summed E-state index contributed by atoms with van der Waals surface area (Å²) in [6.45, 7) is 13.3. The van der Waals surface area contributed by atoms with Crippen molar-refractivity contribution in [2.75, 3.05) is 6.61 Å². The van der Waals surface area contributed by atoms with E-state index in [-0.39, 0.29) is 0 Å². The number of allylic oxidation sites excluding steroid dienone is 3. The molecule has 0 unspecified atom stereocenters. The quantitative estimate of drug-likeness (QED) is 0.615. The number of halogens is 1. The van der Waals surface area contributed by atoms with Crippen LogP contribution in [0.25, 0.3) is 0 Å². The van der Waals surface area contributed by atoms with Gasteiger partial charge >= 0.3 is 0 Å². The molecule has 0 bridgehead atoms. The molecule has 1 heterocycles. The molecule has 0 N–H and O–H groups in total. The van der Waals surface area contributed by atoms with Crippen molar-refractivity contribution in [3.8, 4) is 0 Å². The van der Waals surface area contributed by atoms with Crippen molar-refractivity contribution < 1.29 is 9.13 Å². The molecule has 1 aliphatic heterocycles. The highest BCUT2D eigenvalue weighted by molar-refractivity contribution is 5.36. The Bertz CT molecular complexity index is 251. The van der Waals surface area contributed by atoms with Crippen molar-refractivity contribution >= 4 is 0 Å². The molecule has 0 spiro atoms. The average Bonchev–Trinajstić information content (AvgIpc) is 2.20. The highest BCUT2D eigenvalue weighted by atomic mass is 19.1. The van der Waals surface area contributed by atoms with Crippen LogP contribution in [0.3, 0.4) is 0 Å². The molecule has 0 saturated carbocycles. The van der Waals surface area contributed by atoms with Gasteiger partial charge in [-0.1, -0.05) is 27.0 Å². The lowest BCUT2D eigenvalue weighted by Gasteiger charge is -2.20. The van der Waals surface area contributed by atoms with Gasteiger partial charge in [-0.05, 0) is 25.3 Å². The van der Waals surface area contributed by atoms with Crippen LogP contribution in [-0.4, -0.2) is 6.61 Å². The lowest BCUT2D eigenvalue weighted by molar-refractivity contribution is 0.190. The fourth-order valence-electron chi connectivity index (χ4n) is 1.17. The molecule has 1 nitrogen and oxygen atoms in total. The smallest absolute Gasteiger partial charge is 0.127 e. The minimum Gasteiger partial charge on any atom is -0.493 e. The second-order valence-electron chi connectivity index (χ2n) is 2.91. The highest BCUT2D eigenvalue weighted by Crippen LogP contribution is 2.27. The van der Waals surface area contributed by atoms with Gasteiger partial charge in [-0.3, -0.25) is 0 Å². The fraction of sp³-hybridized carbons (Fsp3) is 0.500. The maximum absolute atomic E-state index is 12.7. The molecule has 1 aliphatic rings. The predicted octanol–water partition coefficient (Wildman–Crippen LogP) is 4.14. The molecule has 14 heavy (non-hydrogen) atoms. The molecule has 0 aliphatic carbocycles. The van der Waals surface area contributed by atoms with Gasteiger partial charge in [0.1, 0.15) is 11.6 Å². The van der Waals surface area contributed by atoms with Crippen LogP contribution in [0, 0.1) is 0 Å². The second-order valence-corrected chi connectivity index (χ2v) is 2.91. The van der Waals surface area contributed by atoms with Crippen LogP contribution in [0.2, 0.25) is 0 Å². The molecule has 1 saturated heterocycles. The van der Waals surface area contributed by atoms with Crippen LogP contribution in [0.1, 0.15) is 33.6 Å². The third-order valence-electron chi connectivity index (χ3n) is 1.94. The van der Waals surface area contributed by atoms with Crippen LogP contribution < -0.4 is 0 Å². The zero-order chi connectivity index (χ0) is 11.1.